The molecule has 0 saturated carbocycles. The second-order valence-corrected chi connectivity index (χ2v) is 9.41. The van der Waals surface area contributed by atoms with Crippen molar-refractivity contribution in [1.29, 1.82) is 5.26 Å². The molecule has 0 bridgehead atoms. The van der Waals surface area contributed by atoms with E-state index < -0.39 is 0 Å². The molecule has 0 aliphatic heterocycles. The van der Waals surface area contributed by atoms with E-state index in [0.717, 1.165) is 41.8 Å². The first-order valence-corrected chi connectivity index (χ1v) is 11.6. The van der Waals surface area contributed by atoms with Crippen LogP contribution in [0.2, 0.25) is 0 Å². The SMILES string of the molecule is [C-]#[N+]/C(C#N)=C/c1ccc(N(CC[N+](C)(C)C)Cc2ccc(CCCCCC)cc2)cc1. The summed E-state index contributed by atoms with van der Waals surface area (Å²) >= 11 is 0. The Bertz CT molecular complexity index is 919. The highest BCUT2D eigenvalue weighted by Gasteiger charge is 2.13. The van der Waals surface area contributed by atoms with E-state index in [-0.39, 0.29) is 5.70 Å². The average Bonchev–Trinajstić information content (AvgIpc) is 2.78. The molecule has 0 N–H and O–H groups in total. The van der Waals surface area contributed by atoms with E-state index in [1.165, 1.54) is 36.8 Å². The molecule has 4 nitrogen and oxygen atoms in total. The van der Waals surface area contributed by atoms with Gasteiger partial charge in [-0.25, -0.2) is 10.1 Å². The van der Waals surface area contributed by atoms with Crippen LogP contribution in [-0.2, 0) is 13.0 Å². The summed E-state index contributed by atoms with van der Waals surface area (Å²) in [6.07, 6.45) is 7.97. The van der Waals surface area contributed by atoms with Gasteiger partial charge in [0.1, 0.15) is 0 Å². The van der Waals surface area contributed by atoms with Crippen molar-refractivity contribution in [3.8, 4) is 6.07 Å². The molecule has 0 aliphatic carbocycles. The molecule has 2 aromatic carbocycles. The van der Waals surface area contributed by atoms with Gasteiger partial charge in [-0.3, -0.25) is 0 Å². The number of rotatable bonds is 12. The Hall–Kier alpha value is -3.08. The van der Waals surface area contributed by atoms with Crippen LogP contribution in [0, 0.1) is 17.9 Å². The fourth-order valence-corrected chi connectivity index (χ4v) is 3.54. The zero-order valence-corrected chi connectivity index (χ0v) is 20.1. The molecule has 4 heteroatoms. The predicted molar refractivity (Wildman–Crippen MR) is 135 cm³/mol. The Labute approximate surface area is 194 Å². The van der Waals surface area contributed by atoms with Gasteiger partial charge in [-0.15, -0.1) is 0 Å². The van der Waals surface area contributed by atoms with E-state index in [1.807, 2.05) is 18.2 Å². The van der Waals surface area contributed by atoms with Gasteiger partial charge in [0.05, 0.1) is 46.9 Å². The van der Waals surface area contributed by atoms with Crippen molar-refractivity contribution in [2.75, 3.05) is 39.1 Å². The molecule has 0 amide bonds. The maximum Gasteiger partial charge on any atom is 0.262 e. The topological polar surface area (TPSA) is 31.4 Å². The zero-order chi connectivity index (χ0) is 23.4. The molecule has 168 valence electrons. The normalized spacial score (nSPS) is 11.6. The number of nitrogens with zero attached hydrogens (tertiary/aromatic N) is 4. The lowest BCUT2D eigenvalue weighted by atomic mass is 10.0. The number of benzene rings is 2. The third-order valence-electron chi connectivity index (χ3n) is 5.55. The Morgan fingerprint density at radius 2 is 1.66 bits per heavy atom. The van der Waals surface area contributed by atoms with Crippen LogP contribution in [0.4, 0.5) is 5.69 Å². The van der Waals surface area contributed by atoms with Gasteiger partial charge in [0.25, 0.3) is 5.70 Å². The van der Waals surface area contributed by atoms with Crippen molar-refractivity contribution in [2.45, 2.75) is 45.6 Å². The smallest absolute Gasteiger partial charge is 0.262 e. The molecule has 32 heavy (non-hydrogen) atoms. The third kappa shape index (κ3) is 8.96. The van der Waals surface area contributed by atoms with Gasteiger partial charge in [-0.1, -0.05) is 62.6 Å². The molecule has 0 fully saturated rings. The Balaban J connectivity index is 2.13. The average molecular weight is 430 g/mol. The van der Waals surface area contributed by atoms with Crippen LogP contribution in [0.25, 0.3) is 10.9 Å². The summed E-state index contributed by atoms with van der Waals surface area (Å²) in [5.74, 6) is 0. The molecule has 0 unspecified atom stereocenters. The lowest BCUT2D eigenvalue weighted by Gasteiger charge is -2.30. The minimum absolute atomic E-state index is 0.106. The molecule has 0 spiro atoms. The van der Waals surface area contributed by atoms with Crippen molar-refractivity contribution in [1.82, 2.24) is 0 Å². The van der Waals surface area contributed by atoms with Crippen molar-refractivity contribution in [3.63, 3.8) is 0 Å². The molecule has 0 heterocycles. The highest BCUT2D eigenvalue weighted by molar-refractivity contribution is 5.61. The van der Waals surface area contributed by atoms with Crippen LogP contribution < -0.4 is 4.90 Å². The number of aryl methyl sites for hydroxylation is 1. The fourth-order valence-electron chi connectivity index (χ4n) is 3.54. The van der Waals surface area contributed by atoms with E-state index in [4.69, 9.17) is 11.8 Å². The van der Waals surface area contributed by atoms with Gasteiger partial charge < -0.3 is 9.38 Å². The van der Waals surface area contributed by atoms with Gasteiger partial charge in [-0.2, -0.15) is 0 Å². The molecular weight excluding hydrogens is 392 g/mol. The van der Waals surface area contributed by atoms with E-state index in [0.29, 0.717) is 0 Å². The first-order chi connectivity index (χ1) is 15.3. The van der Waals surface area contributed by atoms with Crippen molar-refractivity contribution >= 4 is 11.8 Å². The number of hydrogen-bond donors (Lipinski definition) is 0. The summed E-state index contributed by atoms with van der Waals surface area (Å²) < 4.78 is 0.907. The second kappa shape index (κ2) is 12.7. The summed E-state index contributed by atoms with van der Waals surface area (Å²) in [6.45, 7) is 12.1. The number of anilines is 1. The van der Waals surface area contributed by atoms with Crippen LogP contribution in [0.3, 0.4) is 0 Å². The fraction of sp³-hybridized carbons (Fsp3) is 0.429. The lowest BCUT2D eigenvalue weighted by molar-refractivity contribution is -0.868. The number of quaternary nitrogens is 1. The molecule has 0 aromatic heterocycles. The molecule has 0 saturated heterocycles. The summed E-state index contributed by atoms with van der Waals surface area (Å²) in [6, 6.07) is 19.1. The second-order valence-electron chi connectivity index (χ2n) is 9.41. The highest BCUT2D eigenvalue weighted by atomic mass is 15.3. The quantitative estimate of drug-likeness (QED) is 0.171. The van der Waals surface area contributed by atoms with Gasteiger partial charge in [0.15, 0.2) is 0 Å². The molecule has 2 aromatic rings. The van der Waals surface area contributed by atoms with Gasteiger partial charge >= 0.3 is 0 Å². The van der Waals surface area contributed by atoms with Gasteiger partial charge in [-0.05, 0) is 47.7 Å². The number of hydrogen-bond acceptors (Lipinski definition) is 2. The van der Waals surface area contributed by atoms with E-state index in [1.54, 1.807) is 6.08 Å². The summed E-state index contributed by atoms with van der Waals surface area (Å²) in [5.41, 5.74) is 4.87. The summed E-state index contributed by atoms with van der Waals surface area (Å²) in [7, 11) is 6.65. The van der Waals surface area contributed by atoms with E-state index >= 15 is 0 Å². The van der Waals surface area contributed by atoms with Crippen LogP contribution in [0.15, 0.2) is 54.2 Å². The number of unbranched alkanes of at least 4 members (excludes halogenated alkanes) is 3. The largest absolute Gasteiger partial charge is 0.362 e. The number of allylic oxidation sites excluding steroid dienone is 1. The highest BCUT2D eigenvalue weighted by Crippen LogP contribution is 2.20. The maximum absolute atomic E-state index is 8.99. The maximum atomic E-state index is 8.99. The monoisotopic (exact) mass is 429 g/mol. The van der Waals surface area contributed by atoms with Crippen molar-refractivity contribution in [2.24, 2.45) is 0 Å². The van der Waals surface area contributed by atoms with E-state index in [9.17, 15) is 0 Å². The van der Waals surface area contributed by atoms with Crippen molar-refractivity contribution in [3.05, 3.63) is 82.3 Å². The van der Waals surface area contributed by atoms with Gasteiger partial charge in [0, 0.05) is 12.2 Å². The minimum atomic E-state index is 0.106. The Morgan fingerprint density at radius 1 is 1.00 bits per heavy atom. The first kappa shape index (κ1) is 25.2. The molecular formula is C28H37N4+. The van der Waals surface area contributed by atoms with Gasteiger partial charge in [0.2, 0.25) is 0 Å². The van der Waals surface area contributed by atoms with E-state index in [2.05, 4.69) is 74.2 Å². The number of nitriles is 1. The van der Waals surface area contributed by atoms with Crippen LogP contribution in [-0.4, -0.2) is 38.7 Å². The lowest BCUT2D eigenvalue weighted by Crippen LogP contribution is -2.42. The zero-order valence-electron chi connectivity index (χ0n) is 20.1. The van der Waals surface area contributed by atoms with Crippen molar-refractivity contribution < 1.29 is 4.48 Å². The number of likely N-dealkylation sites (N-methyl/N-ethyl adjacent to an activating group) is 1. The molecule has 0 atom stereocenters. The first-order valence-electron chi connectivity index (χ1n) is 11.6. The van der Waals surface area contributed by atoms with Crippen LogP contribution in [0.5, 0.6) is 0 Å². The van der Waals surface area contributed by atoms with Crippen LogP contribution >= 0.6 is 0 Å². The standard InChI is InChI=1S/C28H37N4/c1-6-7-8-9-10-24-11-13-26(14-12-24)23-31(19-20-32(3,4)5)28-17-15-25(16-18-28)21-27(22-29)30-2/h11-18,21H,6-10,19-20,23H2,1,3-5H3/q+1/b27-21+. The summed E-state index contributed by atoms with van der Waals surface area (Å²) in [4.78, 5) is 5.65. The Morgan fingerprint density at radius 3 is 2.22 bits per heavy atom. The third-order valence-corrected chi connectivity index (χ3v) is 5.55. The van der Waals surface area contributed by atoms with Crippen LogP contribution in [0.1, 0.15) is 49.3 Å². The summed E-state index contributed by atoms with van der Waals surface area (Å²) in [5, 5.41) is 8.99. The minimum Gasteiger partial charge on any atom is -0.362 e. The molecule has 0 radical (unpaired) electrons. The predicted octanol–water partition coefficient (Wildman–Crippen LogP) is 6.31. The molecule has 2 rings (SSSR count). The Kier molecular flexibility index (Phi) is 9.99. The molecule has 0 aliphatic rings.